The number of hydrogen-bond donors (Lipinski definition) is 2. The average molecular weight is 248 g/mol. The molecule has 0 aliphatic carbocycles. The number of benzene rings is 1. The van der Waals surface area contributed by atoms with Gasteiger partial charge in [-0.3, -0.25) is 0 Å². The number of para-hydroxylation sites is 1. The van der Waals surface area contributed by atoms with Crippen molar-refractivity contribution in [2.24, 2.45) is 0 Å². The zero-order chi connectivity index (χ0) is 12.7. The Morgan fingerprint density at radius 3 is 2.65 bits per heavy atom. The second-order valence-electron chi connectivity index (χ2n) is 3.05. The number of ether oxygens (including phenoxy) is 1. The number of anilines is 1. The van der Waals surface area contributed by atoms with Crippen molar-refractivity contribution < 1.29 is 9.53 Å². The van der Waals surface area contributed by atoms with Gasteiger partial charge in [-0.1, -0.05) is 18.2 Å². The molecule has 0 aliphatic heterocycles. The molecule has 0 saturated heterocycles. The number of thiol groups is 1. The van der Waals surface area contributed by atoms with Crippen molar-refractivity contribution in [1.82, 2.24) is 0 Å². The standard InChI is InChI=1S/C12H12N2O2S/c1-2-16-12(15)11(17)10(8-13)14-9-6-4-3-5-7-9/h3-7,14,17H,2H2,1H3. The van der Waals surface area contributed by atoms with Crippen LogP contribution in [0.5, 0.6) is 0 Å². The van der Waals surface area contributed by atoms with Crippen molar-refractivity contribution in [3.63, 3.8) is 0 Å². The van der Waals surface area contributed by atoms with Gasteiger partial charge in [0, 0.05) is 5.69 Å². The predicted octanol–water partition coefficient (Wildman–Crippen LogP) is 2.33. The first-order valence-corrected chi connectivity index (χ1v) is 5.46. The van der Waals surface area contributed by atoms with Crippen LogP contribution in [0.4, 0.5) is 5.69 Å². The number of hydrogen-bond acceptors (Lipinski definition) is 5. The van der Waals surface area contributed by atoms with E-state index < -0.39 is 5.97 Å². The highest BCUT2D eigenvalue weighted by Crippen LogP contribution is 2.15. The number of carbonyl (C=O) groups excluding carboxylic acids is 1. The number of nitrogens with zero attached hydrogens (tertiary/aromatic N) is 1. The van der Waals surface area contributed by atoms with Crippen molar-refractivity contribution in [2.45, 2.75) is 6.92 Å². The first-order valence-electron chi connectivity index (χ1n) is 5.01. The van der Waals surface area contributed by atoms with E-state index in [9.17, 15) is 4.79 Å². The summed E-state index contributed by atoms with van der Waals surface area (Å²) in [5, 5.41) is 11.8. The Hall–Kier alpha value is -1.93. The number of nitrogens with one attached hydrogen (secondary N) is 1. The van der Waals surface area contributed by atoms with E-state index in [1.807, 2.05) is 24.3 Å². The second kappa shape index (κ2) is 6.61. The van der Waals surface area contributed by atoms with E-state index in [4.69, 9.17) is 10.00 Å². The predicted molar refractivity (Wildman–Crippen MR) is 68.3 cm³/mol. The van der Waals surface area contributed by atoms with Gasteiger partial charge in [-0.05, 0) is 19.1 Å². The molecule has 88 valence electrons. The Morgan fingerprint density at radius 1 is 1.47 bits per heavy atom. The topological polar surface area (TPSA) is 62.1 Å². The largest absolute Gasteiger partial charge is 0.462 e. The molecule has 0 aliphatic rings. The van der Waals surface area contributed by atoms with Crippen LogP contribution in [0.1, 0.15) is 6.92 Å². The Labute approximate surface area is 105 Å². The lowest BCUT2D eigenvalue weighted by molar-refractivity contribution is -0.137. The molecule has 1 rings (SSSR count). The fraction of sp³-hybridized carbons (Fsp3) is 0.167. The molecule has 0 heterocycles. The fourth-order valence-electron chi connectivity index (χ4n) is 1.11. The summed E-state index contributed by atoms with van der Waals surface area (Å²) in [4.78, 5) is 11.4. The van der Waals surface area contributed by atoms with E-state index in [0.717, 1.165) is 0 Å². The van der Waals surface area contributed by atoms with E-state index in [1.165, 1.54) is 0 Å². The number of esters is 1. The highest BCUT2D eigenvalue weighted by atomic mass is 32.1. The van der Waals surface area contributed by atoms with Crippen LogP contribution in [0.2, 0.25) is 0 Å². The summed E-state index contributed by atoms with van der Waals surface area (Å²) in [6, 6.07) is 10.9. The molecule has 0 atom stereocenters. The maximum Gasteiger partial charge on any atom is 0.347 e. The molecule has 0 bridgehead atoms. The third-order valence-electron chi connectivity index (χ3n) is 1.86. The number of rotatable bonds is 4. The molecule has 0 saturated carbocycles. The highest BCUT2D eigenvalue weighted by Gasteiger charge is 2.12. The molecule has 0 aromatic heterocycles. The minimum atomic E-state index is -0.615. The Balaban J connectivity index is 2.89. The van der Waals surface area contributed by atoms with E-state index in [-0.39, 0.29) is 17.2 Å². The molecule has 0 fully saturated rings. The van der Waals surface area contributed by atoms with Crippen LogP contribution in [0.3, 0.4) is 0 Å². The first-order chi connectivity index (χ1) is 8.19. The maximum atomic E-state index is 11.4. The van der Waals surface area contributed by atoms with Gasteiger partial charge < -0.3 is 10.1 Å². The van der Waals surface area contributed by atoms with Crippen molar-refractivity contribution in [3.05, 3.63) is 40.9 Å². The van der Waals surface area contributed by atoms with Crippen LogP contribution in [0.25, 0.3) is 0 Å². The van der Waals surface area contributed by atoms with Crippen molar-refractivity contribution >= 4 is 24.3 Å². The molecule has 1 aromatic carbocycles. The summed E-state index contributed by atoms with van der Waals surface area (Å²) in [7, 11) is 0. The lowest BCUT2D eigenvalue weighted by Crippen LogP contribution is -2.09. The van der Waals surface area contributed by atoms with Crippen LogP contribution in [0, 0.1) is 11.3 Å². The third kappa shape index (κ3) is 3.85. The number of carbonyl (C=O) groups is 1. The molecular weight excluding hydrogens is 236 g/mol. The van der Waals surface area contributed by atoms with Gasteiger partial charge in [-0.2, -0.15) is 5.26 Å². The van der Waals surface area contributed by atoms with Crippen LogP contribution in [0.15, 0.2) is 40.9 Å². The summed E-state index contributed by atoms with van der Waals surface area (Å²) < 4.78 is 4.76. The van der Waals surface area contributed by atoms with E-state index in [0.29, 0.717) is 5.69 Å². The van der Waals surface area contributed by atoms with Gasteiger partial charge in [0.1, 0.15) is 16.7 Å². The molecule has 5 heteroatoms. The van der Waals surface area contributed by atoms with Crippen molar-refractivity contribution in [2.75, 3.05) is 11.9 Å². The normalized spacial score (nSPS) is 11.1. The van der Waals surface area contributed by atoms with E-state index in [1.54, 1.807) is 19.1 Å². The average Bonchev–Trinajstić information content (AvgIpc) is 2.36. The van der Waals surface area contributed by atoms with Gasteiger partial charge in [0.15, 0.2) is 0 Å². The molecule has 1 aromatic rings. The zero-order valence-corrected chi connectivity index (χ0v) is 10.2. The van der Waals surface area contributed by atoms with Crippen LogP contribution in [-0.4, -0.2) is 12.6 Å². The van der Waals surface area contributed by atoms with Gasteiger partial charge in [-0.25, -0.2) is 4.79 Å². The monoisotopic (exact) mass is 248 g/mol. The molecule has 4 nitrogen and oxygen atoms in total. The van der Waals surface area contributed by atoms with Crippen molar-refractivity contribution in [3.8, 4) is 6.07 Å². The fourth-order valence-corrected chi connectivity index (χ4v) is 1.28. The zero-order valence-electron chi connectivity index (χ0n) is 9.30. The minimum Gasteiger partial charge on any atom is -0.462 e. The van der Waals surface area contributed by atoms with Crippen LogP contribution in [-0.2, 0) is 9.53 Å². The Kier molecular flexibility index (Phi) is 5.11. The van der Waals surface area contributed by atoms with Gasteiger partial charge in [-0.15, -0.1) is 12.6 Å². The van der Waals surface area contributed by atoms with Crippen LogP contribution < -0.4 is 5.32 Å². The number of nitriles is 1. The molecule has 1 N–H and O–H groups in total. The Morgan fingerprint density at radius 2 is 2.12 bits per heavy atom. The summed E-state index contributed by atoms with van der Waals surface area (Å²) in [5.74, 6) is -0.615. The lowest BCUT2D eigenvalue weighted by Gasteiger charge is -2.07. The van der Waals surface area contributed by atoms with Crippen molar-refractivity contribution in [1.29, 1.82) is 5.26 Å². The lowest BCUT2D eigenvalue weighted by atomic mass is 10.3. The van der Waals surface area contributed by atoms with E-state index in [2.05, 4.69) is 17.9 Å². The van der Waals surface area contributed by atoms with Gasteiger partial charge in [0.05, 0.1) is 6.61 Å². The molecule has 0 unspecified atom stereocenters. The maximum absolute atomic E-state index is 11.4. The quantitative estimate of drug-likeness (QED) is 0.371. The van der Waals surface area contributed by atoms with Gasteiger partial charge >= 0.3 is 5.97 Å². The van der Waals surface area contributed by atoms with Gasteiger partial charge in [0.2, 0.25) is 0 Å². The molecular formula is C12H12N2O2S. The molecule has 0 amide bonds. The number of allylic oxidation sites excluding steroid dienone is 1. The molecule has 0 spiro atoms. The summed E-state index contributed by atoms with van der Waals surface area (Å²) >= 11 is 3.98. The highest BCUT2D eigenvalue weighted by molar-refractivity contribution is 7.85. The molecule has 0 radical (unpaired) electrons. The van der Waals surface area contributed by atoms with Gasteiger partial charge in [0.25, 0.3) is 0 Å². The SMILES string of the molecule is CCOC(=O)C(S)=C(C#N)Nc1ccccc1. The summed E-state index contributed by atoms with van der Waals surface area (Å²) in [6.45, 7) is 1.93. The van der Waals surface area contributed by atoms with E-state index >= 15 is 0 Å². The first kappa shape index (κ1) is 13.1. The third-order valence-corrected chi connectivity index (χ3v) is 2.27. The smallest absolute Gasteiger partial charge is 0.347 e. The molecule has 17 heavy (non-hydrogen) atoms. The minimum absolute atomic E-state index is 0.0294. The Bertz CT molecular complexity index is 463. The second-order valence-corrected chi connectivity index (χ2v) is 3.49. The summed E-state index contributed by atoms with van der Waals surface area (Å²) in [5.41, 5.74) is 0.776. The van der Waals surface area contributed by atoms with Crippen LogP contribution >= 0.6 is 12.6 Å². The summed E-state index contributed by atoms with van der Waals surface area (Å²) in [6.07, 6.45) is 0.